The summed E-state index contributed by atoms with van der Waals surface area (Å²) < 4.78 is 5.78. The summed E-state index contributed by atoms with van der Waals surface area (Å²) in [4.78, 5) is 12.5. The lowest BCUT2D eigenvalue weighted by Gasteiger charge is -2.23. The van der Waals surface area contributed by atoms with Crippen molar-refractivity contribution in [3.63, 3.8) is 0 Å². The highest BCUT2D eigenvalue weighted by atomic mass is 16.5. The minimum absolute atomic E-state index is 0.0956. The average molecular weight is 380 g/mol. The molecule has 0 radical (unpaired) electrons. The zero-order chi connectivity index (χ0) is 20.7. The van der Waals surface area contributed by atoms with Gasteiger partial charge in [-0.3, -0.25) is 4.79 Å². The molecule has 0 atom stereocenters. The van der Waals surface area contributed by atoms with E-state index in [4.69, 9.17) is 4.74 Å². The van der Waals surface area contributed by atoms with Gasteiger partial charge in [-0.25, -0.2) is 0 Å². The normalized spacial score (nSPS) is 11.4. The monoisotopic (exact) mass is 379 g/mol. The molecule has 28 heavy (non-hydrogen) atoms. The number of anilines is 1. The predicted molar refractivity (Wildman–Crippen MR) is 116 cm³/mol. The number of ether oxygens (including phenoxy) is 1. The van der Waals surface area contributed by atoms with Crippen LogP contribution >= 0.6 is 0 Å². The number of ketones is 1. The maximum absolute atomic E-state index is 12.5. The molecule has 4 heteroatoms. The van der Waals surface area contributed by atoms with Crippen molar-refractivity contribution in [3.05, 3.63) is 71.8 Å². The van der Waals surface area contributed by atoms with Crippen LogP contribution in [0.25, 0.3) is 6.08 Å². The van der Waals surface area contributed by atoms with Crippen LogP contribution in [-0.4, -0.2) is 24.5 Å². The van der Waals surface area contributed by atoms with Gasteiger partial charge in [0.25, 0.3) is 0 Å². The first-order chi connectivity index (χ1) is 13.3. The lowest BCUT2D eigenvalue weighted by atomic mass is 9.83. The molecule has 0 spiro atoms. The van der Waals surface area contributed by atoms with Crippen molar-refractivity contribution in [2.45, 2.75) is 32.6 Å². The van der Waals surface area contributed by atoms with Gasteiger partial charge in [-0.15, -0.1) is 6.58 Å². The lowest BCUT2D eigenvalue weighted by molar-refractivity contribution is 0.104. The molecular formula is C24H29NO3. The third-order valence-electron chi connectivity index (χ3n) is 4.67. The maximum atomic E-state index is 12.5. The molecule has 0 aliphatic heterocycles. The van der Waals surface area contributed by atoms with Crippen molar-refractivity contribution in [1.29, 1.82) is 0 Å². The Morgan fingerprint density at radius 1 is 1.25 bits per heavy atom. The maximum Gasteiger partial charge on any atom is 0.185 e. The van der Waals surface area contributed by atoms with Gasteiger partial charge in [-0.1, -0.05) is 26.8 Å². The molecule has 0 fully saturated rings. The second kappa shape index (κ2) is 9.27. The second-order valence-electron chi connectivity index (χ2n) is 7.21. The van der Waals surface area contributed by atoms with Gasteiger partial charge in [-0.2, -0.15) is 0 Å². The molecule has 0 heterocycles. The van der Waals surface area contributed by atoms with E-state index in [0.29, 0.717) is 17.9 Å². The molecule has 0 aliphatic carbocycles. The molecule has 0 aromatic heterocycles. The number of phenols is 1. The van der Waals surface area contributed by atoms with Gasteiger partial charge in [0.1, 0.15) is 11.5 Å². The first-order valence-corrected chi connectivity index (χ1v) is 9.46. The Bertz CT molecular complexity index is 864. The second-order valence-corrected chi connectivity index (χ2v) is 7.21. The van der Waals surface area contributed by atoms with Gasteiger partial charge in [0.15, 0.2) is 5.78 Å². The highest BCUT2D eigenvalue weighted by Crippen LogP contribution is 2.37. The molecule has 148 valence electrons. The fourth-order valence-electron chi connectivity index (χ4n) is 2.74. The molecule has 2 rings (SSSR count). The van der Waals surface area contributed by atoms with Crippen LogP contribution < -0.4 is 10.1 Å². The van der Waals surface area contributed by atoms with Crippen LogP contribution in [-0.2, 0) is 5.41 Å². The number of hydrogen-bond acceptors (Lipinski definition) is 4. The molecule has 0 unspecified atom stereocenters. The van der Waals surface area contributed by atoms with Gasteiger partial charge in [0.2, 0.25) is 0 Å². The van der Waals surface area contributed by atoms with Gasteiger partial charge < -0.3 is 15.2 Å². The minimum atomic E-state index is -0.414. The number of benzene rings is 2. The zero-order valence-electron chi connectivity index (χ0n) is 17.1. The molecule has 0 aliphatic rings. The number of allylic oxidation sites excluding steroid dienone is 2. The Hall–Kier alpha value is -3.01. The van der Waals surface area contributed by atoms with Gasteiger partial charge in [0, 0.05) is 40.9 Å². The SMILES string of the molecule is C=CC(C)(C)c1cc(C=CC(=O)c2ccc(NC)cc2)c(OCCC)cc1O. The van der Waals surface area contributed by atoms with E-state index in [1.165, 1.54) is 6.08 Å². The molecule has 0 saturated carbocycles. The Morgan fingerprint density at radius 2 is 1.93 bits per heavy atom. The van der Waals surface area contributed by atoms with Crippen molar-refractivity contribution in [3.8, 4) is 11.5 Å². The van der Waals surface area contributed by atoms with Crippen molar-refractivity contribution >= 4 is 17.5 Å². The van der Waals surface area contributed by atoms with Crippen molar-refractivity contribution in [2.75, 3.05) is 19.0 Å². The lowest BCUT2D eigenvalue weighted by Crippen LogP contribution is -2.13. The standard InChI is InChI=1S/C24H29NO3/c1-6-14-28-23-16-22(27)20(24(3,4)7-2)15-18(23)10-13-21(26)17-8-11-19(25-5)12-9-17/h7-13,15-16,25,27H,2,6,14H2,1,3-5H3. The van der Waals surface area contributed by atoms with E-state index >= 15 is 0 Å². The third-order valence-corrected chi connectivity index (χ3v) is 4.67. The summed E-state index contributed by atoms with van der Waals surface area (Å²) in [5.41, 5.74) is 2.62. The van der Waals surface area contributed by atoms with Gasteiger partial charge in [0.05, 0.1) is 6.61 Å². The van der Waals surface area contributed by atoms with Crippen LogP contribution in [0, 0.1) is 0 Å². The highest BCUT2D eigenvalue weighted by Gasteiger charge is 2.22. The Morgan fingerprint density at radius 3 is 2.50 bits per heavy atom. The van der Waals surface area contributed by atoms with Crippen molar-refractivity contribution < 1.29 is 14.6 Å². The topological polar surface area (TPSA) is 58.6 Å². The van der Waals surface area contributed by atoms with E-state index in [2.05, 4.69) is 11.9 Å². The zero-order valence-corrected chi connectivity index (χ0v) is 17.1. The van der Waals surface area contributed by atoms with E-state index in [1.807, 2.05) is 46.0 Å². The molecule has 2 N–H and O–H groups in total. The quantitative estimate of drug-likeness (QED) is 0.339. The number of carbonyl (C=O) groups is 1. The fraction of sp³-hybridized carbons (Fsp3) is 0.292. The Balaban J connectivity index is 2.39. The van der Waals surface area contributed by atoms with Crippen molar-refractivity contribution in [2.24, 2.45) is 0 Å². The summed E-state index contributed by atoms with van der Waals surface area (Å²) in [5.74, 6) is 0.612. The molecule has 0 bridgehead atoms. The van der Waals surface area contributed by atoms with Crippen LogP contribution in [0.15, 0.2) is 55.1 Å². The van der Waals surface area contributed by atoms with E-state index in [-0.39, 0.29) is 11.5 Å². The van der Waals surface area contributed by atoms with Gasteiger partial charge >= 0.3 is 0 Å². The molecule has 2 aromatic carbocycles. The number of rotatable bonds is 9. The number of hydrogen-bond donors (Lipinski definition) is 2. The smallest absolute Gasteiger partial charge is 0.185 e. The van der Waals surface area contributed by atoms with Crippen LogP contribution in [0.5, 0.6) is 11.5 Å². The van der Waals surface area contributed by atoms with E-state index in [1.54, 1.807) is 30.4 Å². The third kappa shape index (κ3) is 5.03. The average Bonchev–Trinajstić information content (AvgIpc) is 2.70. The van der Waals surface area contributed by atoms with Crippen LogP contribution in [0.1, 0.15) is 48.7 Å². The Kier molecular flexibility index (Phi) is 7.05. The molecule has 4 nitrogen and oxygen atoms in total. The van der Waals surface area contributed by atoms with Gasteiger partial charge in [-0.05, 0) is 48.9 Å². The van der Waals surface area contributed by atoms with E-state index in [0.717, 1.165) is 23.2 Å². The number of aromatic hydroxyl groups is 1. The highest BCUT2D eigenvalue weighted by molar-refractivity contribution is 6.07. The fourth-order valence-corrected chi connectivity index (χ4v) is 2.74. The van der Waals surface area contributed by atoms with E-state index < -0.39 is 5.41 Å². The summed E-state index contributed by atoms with van der Waals surface area (Å²) >= 11 is 0. The van der Waals surface area contributed by atoms with Crippen molar-refractivity contribution in [1.82, 2.24) is 0 Å². The summed E-state index contributed by atoms with van der Waals surface area (Å²) in [5, 5.41) is 13.5. The van der Waals surface area contributed by atoms with Crippen LogP contribution in [0.2, 0.25) is 0 Å². The molecular weight excluding hydrogens is 350 g/mol. The summed E-state index contributed by atoms with van der Waals surface area (Å²) in [6.07, 6.45) is 5.91. The summed E-state index contributed by atoms with van der Waals surface area (Å²) in [6, 6.07) is 10.8. The minimum Gasteiger partial charge on any atom is -0.507 e. The van der Waals surface area contributed by atoms with Crippen LogP contribution in [0.3, 0.4) is 0 Å². The summed E-state index contributed by atoms with van der Waals surface area (Å²) in [6.45, 7) is 10.4. The predicted octanol–water partition coefficient (Wildman–Crippen LogP) is 5.58. The Labute approximate surface area is 167 Å². The first-order valence-electron chi connectivity index (χ1n) is 9.46. The summed E-state index contributed by atoms with van der Waals surface area (Å²) in [7, 11) is 1.84. The largest absolute Gasteiger partial charge is 0.507 e. The first kappa shape index (κ1) is 21.3. The number of phenolic OH excluding ortho intramolecular Hbond substituents is 1. The van der Waals surface area contributed by atoms with Crippen LogP contribution in [0.4, 0.5) is 5.69 Å². The number of carbonyl (C=O) groups excluding carboxylic acids is 1. The molecule has 0 saturated heterocycles. The molecule has 2 aromatic rings. The number of nitrogens with one attached hydrogen (secondary N) is 1. The molecule has 0 amide bonds. The van der Waals surface area contributed by atoms with E-state index in [9.17, 15) is 9.90 Å².